The van der Waals surface area contributed by atoms with E-state index in [9.17, 15) is 19.8 Å². The third-order valence-corrected chi connectivity index (χ3v) is 20.6. The highest BCUT2D eigenvalue weighted by Crippen LogP contribution is 2.21. The van der Waals surface area contributed by atoms with Crippen molar-refractivity contribution in [2.45, 2.75) is 514 Å². The fourth-order valence-corrected chi connectivity index (χ4v) is 14.1. The zero-order valence-electron chi connectivity index (χ0n) is 63.1. The summed E-state index contributed by atoms with van der Waals surface area (Å²) >= 11 is 0. The van der Waals surface area contributed by atoms with Crippen molar-refractivity contribution in [2.75, 3.05) is 13.2 Å². The molecule has 0 spiro atoms. The summed E-state index contributed by atoms with van der Waals surface area (Å²) in [5, 5.41) is 23.5. The SMILES string of the molecule is CCCCCCCCCCCCCCCCCCCCCCCCCC(O)C(CO)NC(=O)CCCCCCCCCCCCCCCCCCC/C=C\CCCCCCCCCCCCCCCCCCCCOC(=O)CCCCCCCCCCCCCCC. The predicted molar refractivity (Wildman–Crippen MR) is 407 cm³/mol. The van der Waals surface area contributed by atoms with Crippen molar-refractivity contribution in [1.29, 1.82) is 0 Å². The third-order valence-electron chi connectivity index (χ3n) is 20.6. The molecule has 0 rings (SSSR count). The third kappa shape index (κ3) is 77.6. The smallest absolute Gasteiger partial charge is 0.305 e. The van der Waals surface area contributed by atoms with E-state index in [-0.39, 0.29) is 18.5 Å². The van der Waals surface area contributed by atoms with Crippen LogP contribution in [0.15, 0.2) is 12.2 Å². The van der Waals surface area contributed by atoms with Crippen LogP contribution < -0.4 is 5.32 Å². The topological polar surface area (TPSA) is 95.9 Å². The van der Waals surface area contributed by atoms with E-state index in [0.717, 1.165) is 38.5 Å². The monoisotopic (exact) mass is 1300 g/mol. The lowest BCUT2D eigenvalue weighted by atomic mass is 10.0. The van der Waals surface area contributed by atoms with Gasteiger partial charge in [-0.1, -0.05) is 450 Å². The second-order valence-electron chi connectivity index (χ2n) is 29.9. The Kier molecular flexibility index (Phi) is 80.8. The number of esters is 1. The molecule has 1 amide bonds. The Morgan fingerprint density at radius 1 is 0.293 bits per heavy atom. The summed E-state index contributed by atoms with van der Waals surface area (Å²) in [6, 6.07) is -0.539. The Morgan fingerprint density at radius 2 is 0.511 bits per heavy atom. The number of allylic oxidation sites excluding steroid dienone is 2. The van der Waals surface area contributed by atoms with Crippen LogP contribution in [0.25, 0.3) is 0 Å². The van der Waals surface area contributed by atoms with Crippen LogP contribution in [0.1, 0.15) is 502 Å². The zero-order valence-corrected chi connectivity index (χ0v) is 63.1. The summed E-state index contributed by atoms with van der Waals surface area (Å²) in [6.07, 6.45) is 105. The lowest BCUT2D eigenvalue weighted by Gasteiger charge is -2.22. The Labute approximate surface area is 578 Å². The standard InChI is InChI=1S/C86H169NO5/c1-3-5-7-9-11-13-15-17-18-19-20-21-39-42-45-48-51-55-58-62-66-70-74-78-84(89)83(82-88)87-85(90)79-75-71-67-63-59-56-52-49-46-43-40-37-35-33-31-29-27-25-23-22-24-26-28-30-32-34-36-38-41-44-47-50-53-57-61-65-69-73-77-81-92-86(91)80-76-72-68-64-60-54-16-14-12-10-8-6-4-2/h22-23,83-84,88-89H,3-21,24-82H2,1-2H3,(H,87,90)/b23-22-. The van der Waals surface area contributed by atoms with Crippen LogP contribution >= 0.6 is 0 Å². The second kappa shape index (κ2) is 82.0. The summed E-state index contributed by atoms with van der Waals surface area (Å²) < 4.78 is 5.50. The Balaban J connectivity index is 3.32. The van der Waals surface area contributed by atoms with E-state index in [1.54, 1.807) is 0 Å². The molecule has 2 atom stereocenters. The number of aliphatic hydroxyl groups excluding tert-OH is 2. The largest absolute Gasteiger partial charge is 0.466 e. The van der Waals surface area contributed by atoms with E-state index >= 15 is 0 Å². The second-order valence-corrected chi connectivity index (χ2v) is 29.9. The molecule has 0 aliphatic heterocycles. The van der Waals surface area contributed by atoms with Gasteiger partial charge in [-0.05, 0) is 51.4 Å². The quantitative estimate of drug-likeness (QED) is 0.0320. The number of ether oxygens (including phenoxy) is 1. The Bertz CT molecular complexity index is 1400. The molecule has 0 aromatic heterocycles. The maximum Gasteiger partial charge on any atom is 0.305 e. The van der Waals surface area contributed by atoms with E-state index in [0.29, 0.717) is 25.9 Å². The first-order valence-corrected chi connectivity index (χ1v) is 42.9. The van der Waals surface area contributed by atoms with Crippen LogP contribution in [0, 0.1) is 0 Å². The molecule has 0 fully saturated rings. The van der Waals surface area contributed by atoms with Crippen molar-refractivity contribution in [3.63, 3.8) is 0 Å². The van der Waals surface area contributed by atoms with Gasteiger partial charge >= 0.3 is 5.97 Å². The van der Waals surface area contributed by atoms with E-state index in [1.807, 2.05) is 0 Å². The number of carbonyl (C=O) groups excluding carboxylic acids is 2. The summed E-state index contributed by atoms with van der Waals surface area (Å²) in [4.78, 5) is 24.6. The van der Waals surface area contributed by atoms with Gasteiger partial charge in [-0.2, -0.15) is 0 Å². The van der Waals surface area contributed by atoms with Gasteiger partial charge in [0.2, 0.25) is 5.91 Å². The fourth-order valence-electron chi connectivity index (χ4n) is 14.1. The van der Waals surface area contributed by atoms with Crippen molar-refractivity contribution in [1.82, 2.24) is 5.32 Å². The van der Waals surface area contributed by atoms with Gasteiger partial charge < -0.3 is 20.3 Å². The molecule has 0 bridgehead atoms. The van der Waals surface area contributed by atoms with E-state index < -0.39 is 12.1 Å². The Hall–Kier alpha value is -1.40. The summed E-state index contributed by atoms with van der Waals surface area (Å²) in [7, 11) is 0. The van der Waals surface area contributed by atoms with E-state index in [4.69, 9.17) is 4.74 Å². The van der Waals surface area contributed by atoms with Gasteiger partial charge in [-0.3, -0.25) is 9.59 Å². The Morgan fingerprint density at radius 3 is 0.772 bits per heavy atom. The number of nitrogens with one attached hydrogen (secondary N) is 1. The molecule has 3 N–H and O–H groups in total. The first-order valence-electron chi connectivity index (χ1n) is 42.9. The highest BCUT2D eigenvalue weighted by Gasteiger charge is 2.20. The summed E-state index contributed by atoms with van der Waals surface area (Å²) in [5.74, 6) is 0.00115. The lowest BCUT2D eigenvalue weighted by molar-refractivity contribution is -0.143. The number of carbonyl (C=O) groups is 2. The number of rotatable bonds is 82. The summed E-state index contributed by atoms with van der Waals surface area (Å²) in [5.41, 5.74) is 0. The predicted octanol–water partition coefficient (Wildman–Crippen LogP) is 28.6. The van der Waals surface area contributed by atoms with Crippen LogP contribution in [0.3, 0.4) is 0 Å². The van der Waals surface area contributed by atoms with Crippen molar-refractivity contribution in [3.05, 3.63) is 12.2 Å². The first-order chi connectivity index (χ1) is 45.5. The van der Waals surface area contributed by atoms with Crippen LogP contribution in [-0.2, 0) is 14.3 Å². The number of hydrogen-bond acceptors (Lipinski definition) is 5. The minimum absolute atomic E-state index is 0.0242. The highest BCUT2D eigenvalue weighted by molar-refractivity contribution is 5.76. The van der Waals surface area contributed by atoms with Gasteiger partial charge in [0.1, 0.15) is 0 Å². The molecular weight excluding hydrogens is 1130 g/mol. The van der Waals surface area contributed by atoms with Crippen molar-refractivity contribution >= 4 is 11.9 Å². The molecule has 6 nitrogen and oxygen atoms in total. The molecule has 2 unspecified atom stereocenters. The first kappa shape index (κ1) is 90.6. The average Bonchev–Trinajstić information content (AvgIpc) is 3.62. The van der Waals surface area contributed by atoms with Crippen LogP contribution in [0.4, 0.5) is 0 Å². The van der Waals surface area contributed by atoms with Gasteiger partial charge in [0.25, 0.3) is 0 Å². The van der Waals surface area contributed by atoms with Gasteiger partial charge in [-0.25, -0.2) is 0 Å². The lowest BCUT2D eigenvalue weighted by Crippen LogP contribution is -2.45. The number of unbranched alkanes of at least 4 members (excludes halogenated alkanes) is 69. The maximum atomic E-state index is 12.6. The maximum absolute atomic E-state index is 12.6. The number of amides is 1. The van der Waals surface area contributed by atoms with Crippen LogP contribution in [0.5, 0.6) is 0 Å². The summed E-state index contributed by atoms with van der Waals surface area (Å²) in [6.45, 7) is 5.02. The van der Waals surface area contributed by atoms with Crippen LogP contribution in [0.2, 0.25) is 0 Å². The van der Waals surface area contributed by atoms with E-state index in [2.05, 4.69) is 31.3 Å². The normalized spacial score (nSPS) is 12.4. The fraction of sp³-hybridized carbons (Fsp3) is 0.953. The van der Waals surface area contributed by atoms with Crippen molar-refractivity contribution in [2.24, 2.45) is 0 Å². The molecule has 0 radical (unpaired) electrons. The molecule has 0 saturated carbocycles. The molecule has 0 aromatic rings. The van der Waals surface area contributed by atoms with Gasteiger partial charge in [-0.15, -0.1) is 0 Å². The molecule has 6 heteroatoms. The van der Waals surface area contributed by atoms with E-state index in [1.165, 1.54) is 430 Å². The minimum Gasteiger partial charge on any atom is -0.466 e. The van der Waals surface area contributed by atoms with Crippen molar-refractivity contribution in [3.8, 4) is 0 Å². The molecule has 92 heavy (non-hydrogen) atoms. The van der Waals surface area contributed by atoms with Gasteiger partial charge in [0, 0.05) is 12.8 Å². The van der Waals surface area contributed by atoms with Crippen molar-refractivity contribution < 1.29 is 24.5 Å². The molecule has 0 saturated heterocycles. The van der Waals surface area contributed by atoms with Gasteiger partial charge in [0.15, 0.2) is 0 Å². The van der Waals surface area contributed by atoms with Crippen LogP contribution in [-0.4, -0.2) is 47.4 Å². The average molecular weight is 1300 g/mol. The number of aliphatic hydroxyl groups is 2. The molecule has 0 heterocycles. The molecule has 0 aromatic carbocycles. The highest BCUT2D eigenvalue weighted by atomic mass is 16.5. The minimum atomic E-state index is -0.662. The van der Waals surface area contributed by atoms with Gasteiger partial charge in [0.05, 0.1) is 25.4 Å². The number of hydrogen-bond donors (Lipinski definition) is 3. The molecule has 0 aliphatic rings. The zero-order chi connectivity index (χ0) is 66.3. The molecule has 548 valence electrons. The molecule has 0 aliphatic carbocycles. The molecular formula is C86H169NO5.